The number of aromatic nitrogens is 2. The maximum Gasteiger partial charge on any atom is 0.490 e. The van der Waals surface area contributed by atoms with Gasteiger partial charge in [0.05, 0.1) is 11.4 Å². The number of fused-ring (bicyclic) bond motifs is 3. The maximum absolute atomic E-state index is 11.6. The number of sulfonamides is 1. The van der Waals surface area contributed by atoms with Crippen molar-refractivity contribution in [3.8, 4) is 17.0 Å². The number of halogens is 6. The molecule has 1 aliphatic carbocycles. The first-order valence-corrected chi connectivity index (χ1v) is 18.0. The first-order chi connectivity index (χ1) is 24.8. The minimum atomic E-state index is -5.08. The van der Waals surface area contributed by atoms with Gasteiger partial charge in [0.25, 0.3) is 0 Å². The molecule has 5 rings (SSSR count). The van der Waals surface area contributed by atoms with Crippen LogP contribution < -0.4 is 20.1 Å². The van der Waals surface area contributed by atoms with Crippen LogP contribution >= 0.6 is 0 Å². The van der Waals surface area contributed by atoms with Crippen LogP contribution in [-0.4, -0.2) is 103 Å². The Morgan fingerprint density at radius 1 is 0.906 bits per heavy atom. The fraction of sp³-hybridized carbons (Fsp3) is 0.455. The normalized spacial score (nSPS) is 14.4. The predicted octanol–water partition coefficient (Wildman–Crippen LogP) is 4.51. The van der Waals surface area contributed by atoms with Gasteiger partial charge >= 0.3 is 24.3 Å². The topological polar surface area (TPSA) is 188 Å². The predicted molar refractivity (Wildman–Crippen MR) is 183 cm³/mol. The van der Waals surface area contributed by atoms with Crippen LogP contribution in [-0.2, 0) is 39.1 Å². The van der Waals surface area contributed by atoms with Gasteiger partial charge < -0.3 is 25.6 Å². The smallest absolute Gasteiger partial charge is 0.489 e. The Bertz CT molecular complexity index is 1770. The molecule has 1 aliphatic heterocycles. The number of carbonyl (C=O) groups is 2. The number of ether oxygens (including phenoxy) is 1. The third-order valence-corrected chi connectivity index (χ3v) is 9.39. The summed E-state index contributed by atoms with van der Waals surface area (Å²) >= 11 is 0. The number of aryl methyl sites for hydroxylation is 1. The molecule has 0 bridgehead atoms. The maximum atomic E-state index is 11.6. The zero-order chi connectivity index (χ0) is 39.4. The summed E-state index contributed by atoms with van der Waals surface area (Å²) in [6.07, 6.45) is -6.58. The Kier molecular flexibility index (Phi) is 15.2. The van der Waals surface area contributed by atoms with E-state index in [1.807, 2.05) is 24.3 Å². The number of nitrogens with one attached hydrogen (secondary N) is 1. The van der Waals surface area contributed by atoms with Gasteiger partial charge in [-0.2, -0.15) is 31.3 Å². The summed E-state index contributed by atoms with van der Waals surface area (Å²) in [5.74, 6) is -3.26. The largest absolute Gasteiger partial charge is 0.490 e. The lowest BCUT2D eigenvalue weighted by Gasteiger charge is -2.37. The van der Waals surface area contributed by atoms with E-state index in [-0.39, 0.29) is 5.75 Å². The molecule has 0 unspecified atom stereocenters. The summed E-state index contributed by atoms with van der Waals surface area (Å²) in [6, 6.07) is 16.4. The number of nitrogens with two attached hydrogens (primary N) is 1. The van der Waals surface area contributed by atoms with Crippen LogP contribution in [0.3, 0.4) is 0 Å². The quantitative estimate of drug-likeness (QED) is 0.158. The minimum absolute atomic E-state index is 0.127. The fourth-order valence-corrected chi connectivity index (χ4v) is 5.93. The van der Waals surface area contributed by atoms with E-state index in [9.17, 15) is 34.8 Å². The summed E-state index contributed by atoms with van der Waals surface area (Å²) in [5.41, 5.74) is 11.8. The van der Waals surface area contributed by atoms with Gasteiger partial charge in [0.1, 0.15) is 18.2 Å². The minimum Gasteiger partial charge on any atom is -0.489 e. The highest BCUT2D eigenvalue weighted by Gasteiger charge is 2.39. The molecular weight excluding hydrogens is 738 g/mol. The molecule has 1 fully saturated rings. The van der Waals surface area contributed by atoms with Crippen molar-refractivity contribution in [3.63, 3.8) is 0 Å². The lowest BCUT2D eigenvalue weighted by molar-refractivity contribution is -0.193. The number of carboxylic acid groups (broad SMARTS) is 2. The first-order valence-electron chi connectivity index (χ1n) is 16.3. The molecule has 1 saturated heterocycles. The van der Waals surface area contributed by atoms with Crippen molar-refractivity contribution in [3.05, 3.63) is 65.2 Å². The number of unbranched alkanes of at least 4 members (excludes halogenated alkanes) is 1. The van der Waals surface area contributed by atoms with Gasteiger partial charge in [-0.25, -0.2) is 27.7 Å². The Morgan fingerprint density at radius 2 is 1.51 bits per heavy atom. The van der Waals surface area contributed by atoms with E-state index in [1.165, 1.54) is 11.1 Å². The molecular formula is C33H40F6N6O7S. The number of rotatable bonds is 11. The number of piperazine rings is 1. The molecule has 2 heterocycles. The Balaban J connectivity index is 0.000000458. The number of alkyl halides is 6. The zero-order valence-electron chi connectivity index (χ0n) is 28.6. The molecule has 2 aromatic carbocycles. The van der Waals surface area contributed by atoms with Crippen LogP contribution in [0.15, 0.2) is 48.5 Å². The highest BCUT2D eigenvalue weighted by atomic mass is 32.2. The number of benzene rings is 2. The number of hydrogen-bond donors (Lipinski definition) is 4. The number of nitrogen functional groups attached to an aromatic ring is 1. The van der Waals surface area contributed by atoms with E-state index in [0.717, 1.165) is 86.8 Å². The third-order valence-electron chi connectivity index (χ3n) is 7.99. The third kappa shape index (κ3) is 13.7. The Labute approximate surface area is 301 Å². The van der Waals surface area contributed by atoms with Crippen LogP contribution in [0.25, 0.3) is 11.3 Å². The van der Waals surface area contributed by atoms with Crippen molar-refractivity contribution in [1.29, 1.82) is 0 Å². The second-order valence-electron chi connectivity index (χ2n) is 11.8. The molecule has 2 aliphatic rings. The number of anilines is 2. The second-order valence-corrected chi connectivity index (χ2v) is 13.9. The zero-order valence-corrected chi connectivity index (χ0v) is 29.4. The van der Waals surface area contributed by atoms with Crippen molar-refractivity contribution < 1.29 is 59.3 Å². The molecule has 53 heavy (non-hydrogen) atoms. The van der Waals surface area contributed by atoms with Gasteiger partial charge in [0, 0.05) is 43.9 Å². The van der Waals surface area contributed by atoms with E-state index in [2.05, 4.69) is 43.8 Å². The molecule has 0 radical (unpaired) electrons. The second kappa shape index (κ2) is 18.9. The number of aliphatic carboxylic acids is 2. The average molecular weight is 779 g/mol. The molecule has 0 amide bonds. The van der Waals surface area contributed by atoms with Gasteiger partial charge in [-0.05, 0) is 68.5 Å². The van der Waals surface area contributed by atoms with Crippen molar-refractivity contribution in [2.24, 2.45) is 0 Å². The van der Waals surface area contributed by atoms with E-state index >= 15 is 0 Å². The molecule has 13 nitrogen and oxygen atoms in total. The average Bonchev–Trinajstić information content (AvgIpc) is 3.10. The van der Waals surface area contributed by atoms with Crippen LogP contribution in [0.4, 0.5) is 38.1 Å². The summed E-state index contributed by atoms with van der Waals surface area (Å²) < 4.78 is 95.3. The van der Waals surface area contributed by atoms with Gasteiger partial charge in [0.2, 0.25) is 16.0 Å². The molecule has 3 aromatic rings. The number of carboxylic acids is 2. The van der Waals surface area contributed by atoms with Crippen molar-refractivity contribution in [1.82, 2.24) is 19.6 Å². The summed E-state index contributed by atoms with van der Waals surface area (Å²) in [5, 5.41) is 14.2. The van der Waals surface area contributed by atoms with Gasteiger partial charge in [0.15, 0.2) is 0 Å². The van der Waals surface area contributed by atoms with Crippen LogP contribution in [0.2, 0.25) is 0 Å². The molecule has 5 N–H and O–H groups in total. The van der Waals surface area contributed by atoms with Crippen molar-refractivity contribution in [2.75, 3.05) is 55.7 Å². The summed E-state index contributed by atoms with van der Waals surface area (Å²) in [7, 11) is -3.11. The van der Waals surface area contributed by atoms with E-state index in [4.69, 9.17) is 35.3 Å². The fourth-order valence-electron chi connectivity index (χ4n) is 5.28. The molecule has 292 valence electrons. The van der Waals surface area contributed by atoms with Crippen LogP contribution in [0, 0.1) is 0 Å². The van der Waals surface area contributed by atoms with E-state index in [1.54, 1.807) is 6.92 Å². The summed E-state index contributed by atoms with van der Waals surface area (Å²) in [6.45, 7) is 7.31. The highest BCUT2D eigenvalue weighted by Crippen LogP contribution is 2.38. The SMILES string of the molecule is CCS(=O)(=O)NCCCCN1CCN(c2nc(N)nc3c2CCc2cc(OCc4ccccc4)ccc2-3)CC1.O=C(O)C(F)(F)F.O=C(O)C(F)(F)F. The van der Waals surface area contributed by atoms with Gasteiger partial charge in [-0.15, -0.1) is 0 Å². The van der Waals surface area contributed by atoms with Crippen LogP contribution in [0.1, 0.15) is 36.5 Å². The van der Waals surface area contributed by atoms with Crippen molar-refractivity contribution in [2.45, 2.75) is 51.6 Å². The molecule has 20 heteroatoms. The molecule has 1 aromatic heterocycles. The lowest BCUT2D eigenvalue weighted by Crippen LogP contribution is -2.47. The van der Waals surface area contributed by atoms with Crippen LogP contribution in [0.5, 0.6) is 5.75 Å². The number of nitrogens with zero attached hydrogens (tertiary/aromatic N) is 4. The molecule has 0 saturated carbocycles. The highest BCUT2D eigenvalue weighted by molar-refractivity contribution is 7.89. The lowest BCUT2D eigenvalue weighted by atomic mass is 9.88. The summed E-state index contributed by atoms with van der Waals surface area (Å²) in [4.78, 5) is 31.9. The van der Waals surface area contributed by atoms with Gasteiger partial charge in [-0.3, -0.25) is 4.90 Å². The van der Waals surface area contributed by atoms with E-state index < -0.39 is 34.3 Å². The number of hydrogen-bond acceptors (Lipinski definition) is 10. The Hall–Kier alpha value is -4.69. The molecule has 0 atom stereocenters. The van der Waals surface area contributed by atoms with E-state index in [0.29, 0.717) is 19.1 Å². The standard InChI is InChI=1S/C29H38N6O3S.2C2HF3O2/c1-2-39(36,37)31-14-6-7-15-34-16-18-35(19-17-34)28-26-12-10-23-20-24(38-21-22-8-4-3-5-9-22)11-13-25(23)27(26)32-29(30)33-28;2*3-2(4,5)1(6)7/h3-5,8-9,11,13,20,31H,2,6-7,10,12,14-19,21H2,1H3,(H2,30,32,33);2*(H,6,7). The monoisotopic (exact) mass is 778 g/mol. The van der Waals surface area contributed by atoms with Crippen molar-refractivity contribution >= 4 is 33.7 Å². The first kappa shape index (κ1) is 42.7. The van der Waals surface area contributed by atoms with Gasteiger partial charge in [-0.1, -0.05) is 30.3 Å². The molecule has 0 spiro atoms. The Morgan fingerprint density at radius 3 is 2.08 bits per heavy atom.